The molecule has 3 heterocycles. The van der Waals surface area contributed by atoms with Crippen LogP contribution in [0.4, 0.5) is 5.82 Å². The van der Waals surface area contributed by atoms with Crippen molar-refractivity contribution in [2.24, 2.45) is 4.99 Å². The van der Waals surface area contributed by atoms with Gasteiger partial charge < -0.3 is 15.5 Å². The average Bonchev–Trinajstić information content (AvgIpc) is 3.11. The van der Waals surface area contributed by atoms with Crippen LogP contribution >= 0.6 is 11.6 Å². The predicted octanol–water partition coefficient (Wildman–Crippen LogP) is 2.35. The first-order valence-electron chi connectivity index (χ1n) is 9.74. The summed E-state index contributed by atoms with van der Waals surface area (Å²) in [5.41, 5.74) is 0. The van der Waals surface area contributed by atoms with Crippen LogP contribution < -0.4 is 15.5 Å². The molecule has 0 saturated carbocycles. The number of anilines is 1. The summed E-state index contributed by atoms with van der Waals surface area (Å²) >= 11 is 6.27. The monoisotopic (exact) mass is 378 g/mol. The Bertz CT molecular complexity index is 607. The maximum Gasteiger partial charge on any atom is 0.191 e. The average molecular weight is 379 g/mol. The summed E-state index contributed by atoms with van der Waals surface area (Å²) in [5.74, 6) is 1.76. The summed E-state index contributed by atoms with van der Waals surface area (Å²) in [4.78, 5) is 13.6. The molecule has 1 aromatic rings. The first-order valence-corrected chi connectivity index (χ1v) is 10.1. The summed E-state index contributed by atoms with van der Waals surface area (Å²) in [5, 5.41) is 7.72. The first-order chi connectivity index (χ1) is 12.7. The van der Waals surface area contributed by atoms with E-state index >= 15 is 0 Å². The van der Waals surface area contributed by atoms with Gasteiger partial charge in [-0.2, -0.15) is 0 Å². The van der Waals surface area contributed by atoms with Crippen LogP contribution in [0.5, 0.6) is 0 Å². The highest BCUT2D eigenvalue weighted by atomic mass is 35.5. The molecule has 0 aromatic carbocycles. The zero-order chi connectivity index (χ0) is 18.4. The van der Waals surface area contributed by atoms with Gasteiger partial charge in [0.15, 0.2) is 5.96 Å². The van der Waals surface area contributed by atoms with Gasteiger partial charge in [0.2, 0.25) is 0 Å². The minimum atomic E-state index is 0.355. The van der Waals surface area contributed by atoms with Gasteiger partial charge in [-0.05, 0) is 44.9 Å². The largest absolute Gasteiger partial charge is 0.355 e. The predicted molar refractivity (Wildman–Crippen MR) is 109 cm³/mol. The van der Waals surface area contributed by atoms with E-state index in [0.717, 1.165) is 44.4 Å². The molecule has 2 aliphatic heterocycles. The Labute approximate surface area is 162 Å². The Morgan fingerprint density at radius 2 is 2.23 bits per heavy atom. The highest BCUT2D eigenvalue weighted by Gasteiger charge is 2.25. The Balaban J connectivity index is 1.43. The molecule has 0 spiro atoms. The second kappa shape index (κ2) is 9.42. The molecule has 1 aromatic heterocycles. The van der Waals surface area contributed by atoms with E-state index in [4.69, 9.17) is 11.6 Å². The molecule has 2 atom stereocenters. The van der Waals surface area contributed by atoms with Crippen molar-refractivity contribution in [1.82, 2.24) is 20.5 Å². The van der Waals surface area contributed by atoms with Gasteiger partial charge in [-0.1, -0.05) is 18.0 Å². The molecule has 0 amide bonds. The summed E-state index contributed by atoms with van der Waals surface area (Å²) < 4.78 is 0. The third-order valence-electron chi connectivity index (χ3n) is 5.42. The van der Waals surface area contributed by atoms with Crippen LogP contribution in [-0.2, 0) is 0 Å². The molecular formula is C19H31ClN6. The Morgan fingerprint density at radius 3 is 3.00 bits per heavy atom. The van der Waals surface area contributed by atoms with Gasteiger partial charge in [-0.15, -0.1) is 0 Å². The maximum atomic E-state index is 6.27. The van der Waals surface area contributed by atoms with Gasteiger partial charge in [0, 0.05) is 51.5 Å². The molecule has 2 saturated heterocycles. The fourth-order valence-electron chi connectivity index (χ4n) is 3.88. The Kier molecular flexibility index (Phi) is 6.97. The molecule has 0 aliphatic carbocycles. The number of aliphatic imine (C=N–C) groups is 1. The fourth-order valence-corrected chi connectivity index (χ4v) is 4.12. The van der Waals surface area contributed by atoms with E-state index in [1.54, 1.807) is 6.20 Å². The number of hydrogen-bond acceptors (Lipinski definition) is 4. The lowest BCUT2D eigenvalue weighted by atomic mass is 10.0. The van der Waals surface area contributed by atoms with E-state index in [-0.39, 0.29) is 0 Å². The van der Waals surface area contributed by atoms with Crippen molar-refractivity contribution in [3.05, 3.63) is 23.4 Å². The normalized spacial score (nSPS) is 24.7. The number of nitrogens with zero attached hydrogens (tertiary/aromatic N) is 4. The molecule has 2 aliphatic rings. The zero-order valence-corrected chi connectivity index (χ0v) is 16.7. The van der Waals surface area contributed by atoms with Crippen molar-refractivity contribution in [2.45, 2.75) is 44.7 Å². The van der Waals surface area contributed by atoms with E-state index in [0.29, 0.717) is 17.1 Å². The van der Waals surface area contributed by atoms with Crippen LogP contribution in [-0.4, -0.2) is 67.7 Å². The molecule has 3 rings (SSSR count). The number of likely N-dealkylation sites (tertiary alicyclic amines) is 1. The lowest BCUT2D eigenvalue weighted by Gasteiger charge is -2.33. The number of piperidine rings is 1. The molecule has 2 fully saturated rings. The highest BCUT2D eigenvalue weighted by molar-refractivity contribution is 6.32. The van der Waals surface area contributed by atoms with Crippen molar-refractivity contribution < 1.29 is 0 Å². The smallest absolute Gasteiger partial charge is 0.191 e. The summed E-state index contributed by atoms with van der Waals surface area (Å²) in [6, 6.07) is 4.82. The lowest BCUT2D eigenvalue weighted by molar-refractivity contribution is 0.163. The second-order valence-corrected chi connectivity index (χ2v) is 7.67. The fraction of sp³-hybridized carbons (Fsp3) is 0.684. The number of rotatable bonds is 5. The third kappa shape index (κ3) is 5.01. The number of hydrogen-bond donors (Lipinski definition) is 2. The van der Waals surface area contributed by atoms with E-state index in [1.807, 2.05) is 19.2 Å². The minimum Gasteiger partial charge on any atom is -0.355 e. The van der Waals surface area contributed by atoms with Gasteiger partial charge in [0.1, 0.15) is 5.82 Å². The number of nitrogens with one attached hydrogen (secondary N) is 2. The first kappa shape index (κ1) is 19.2. The van der Waals surface area contributed by atoms with Crippen LogP contribution in [0.15, 0.2) is 23.3 Å². The molecule has 7 heteroatoms. The van der Waals surface area contributed by atoms with Gasteiger partial charge in [-0.25, -0.2) is 4.98 Å². The van der Waals surface area contributed by atoms with Crippen LogP contribution in [0.2, 0.25) is 5.02 Å². The van der Waals surface area contributed by atoms with E-state index in [9.17, 15) is 0 Å². The SMILES string of the molecule is CN=C(NCCN1CCCCC1C)NC1CCN(c2ncccc2Cl)C1. The minimum absolute atomic E-state index is 0.355. The van der Waals surface area contributed by atoms with Crippen molar-refractivity contribution >= 4 is 23.4 Å². The molecule has 6 nitrogen and oxygen atoms in total. The topological polar surface area (TPSA) is 55.8 Å². The number of halogens is 1. The van der Waals surface area contributed by atoms with Crippen molar-refractivity contribution in [3.8, 4) is 0 Å². The van der Waals surface area contributed by atoms with Crippen LogP contribution in [0.25, 0.3) is 0 Å². The maximum absolute atomic E-state index is 6.27. The Morgan fingerprint density at radius 1 is 1.35 bits per heavy atom. The Hall–Kier alpha value is -1.53. The number of pyridine rings is 1. The quantitative estimate of drug-likeness (QED) is 0.608. The molecule has 2 unspecified atom stereocenters. The van der Waals surface area contributed by atoms with Gasteiger partial charge in [0.05, 0.1) is 5.02 Å². The molecular weight excluding hydrogens is 348 g/mol. The summed E-state index contributed by atoms with van der Waals surface area (Å²) in [6.45, 7) is 7.39. The highest BCUT2D eigenvalue weighted by Crippen LogP contribution is 2.25. The molecule has 26 heavy (non-hydrogen) atoms. The zero-order valence-electron chi connectivity index (χ0n) is 15.9. The molecule has 0 radical (unpaired) electrons. The van der Waals surface area contributed by atoms with Crippen LogP contribution in [0, 0.1) is 0 Å². The molecule has 144 valence electrons. The van der Waals surface area contributed by atoms with Crippen molar-refractivity contribution in [2.75, 3.05) is 44.7 Å². The number of aromatic nitrogens is 1. The molecule has 0 bridgehead atoms. The second-order valence-electron chi connectivity index (χ2n) is 7.26. The van der Waals surface area contributed by atoms with E-state index in [2.05, 4.69) is 37.3 Å². The van der Waals surface area contributed by atoms with E-state index in [1.165, 1.54) is 25.8 Å². The standard InChI is InChI=1S/C19H31ClN6/c1-15-6-3-4-11-25(15)13-10-23-19(21-2)24-16-8-12-26(14-16)18-17(20)7-5-9-22-18/h5,7,9,15-16H,3-4,6,8,10-14H2,1-2H3,(H2,21,23,24). The third-order valence-corrected chi connectivity index (χ3v) is 5.72. The van der Waals surface area contributed by atoms with Gasteiger partial charge in [0.25, 0.3) is 0 Å². The van der Waals surface area contributed by atoms with Gasteiger partial charge in [-0.3, -0.25) is 9.89 Å². The molecule has 2 N–H and O–H groups in total. The van der Waals surface area contributed by atoms with Crippen molar-refractivity contribution in [1.29, 1.82) is 0 Å². The van der Waals surface area contributed by atoms with Crippen molar-refractivity contribution in [3.63, 3.8) is 0 Å². The van der Waals surface area contributed by atoms with E-state index < -0.39 is 0 Å². The van der Waals surface area contributed by atoms with Crippen LogP contribution in [0.1, 0.15) is 32.6 Å². The summed E-state index contributed by atoms with van der Waals surface area (Å²) in [7, 11) is 1.83. The van der Waals surface area contributed by atoms with Gasteiger partial charge >= 0.3 is 0 Å². The lowest BCUT2D eigenvalue weighted by Crippen LogP contribution is -2.48. The number of guanidine groups is 1. The van der Waals surface area contributed by atoms with Crippen LogP contribution in [0.3, 0.4) is 0 Å². The summed E-state index contributed by atoms with van der Waals surface area (Å²) in [6.07, 6.45) is 6.86.